The zero-order valence-corrected chi connectivity index (χ0v) is 16.9. The molecular weight excluding hydrogens is 370 g/mol. The summed E-state index contributed by atoms with van der Waals surface area (Å²) < 4.78 is 21.6. The molecule has 152 valence electrons. The molecule has 1 aliphatic rings. The lowest BCUT2D eigenvalue weighted by Crippen LogP contribution is -2.26. The zero-order chi connectivity index (χ0) is 20.4. The van der Waals surface area contributed by atoms with Crippen LogP contribution in [-0.4, -0.2) is 32.3 Å². The van der Waals surface area contributed by atoms with Gasteiger partial charge in [-0.25, -0.2) is 4.79 Å². The number of nitrogens with zero attached hydrogens (tertiary/aromatic N) is 1. The van der Waals surface area contributed by atoms with Gasteiger partial charge in [0.05, 0.1) is 21.3 Å². The van der Waals surface area contributed by atoms with Crippen molar-refractivity contribution in [2.24, 2.45) is 0 Å². The van der Waals surface area contributed by atoms with Crippen molar-refractivity contribution in [1.82, 2.24) is 4.90 Å². The van der Waals surface area contributed by atoms with Crippen LogP contribution < -0.4 is 19.8 Å². The van der Waals surface area contributed by atoms with Crippen LogP contribution in [0.15, 0.2) is 51.7 Å². The van der Waals surface area contributed by atoms with Gasteiger partial charge in [-0.15, -0.1) is 0 Å². The first-order chi connectivity index (χ1) is 14.1. The fourth-order valence-electron chi connectivity index (χ4n) is 3.66. The summed E-state index contributed by atoms with van der Waals surface area (Å²) in [5, 5.41) is 0.925. The molecule has 29 heavy (non-hydrogen) atoms. The van der Waals surface area contributed by atoms with E-state index in [1.54, 1.807) is 33.5 Å². The van der Waals surface area contributed by atoms with Crippen molar-refractivity contribution in [3.05, 3.63) is 64.0 Å². The molecule has 0 radical (unpaired) electrons. The lowest BCUT2D eigenvalue weighted by molar-refractivity contribution is 0.241. The quantitative estimate of drug-likeness (QED) is 0.538. The summed E-state index contributed by atoms with van der Waals surface area (Å²) in [6.07, 6.45) is 2.30. The molecule has 0 bridgehead atoms. The number of hydrogen-bond acceptors (Lipinski definition) is 6. The second-order valence-electron chi connectivity index (χ2n) is 7.27. The number of rotatable bonds is 8. The van der Waals surface area contributed by atoms with Gasteiger partial charge in [-0.05, 0) is 48.7 Å². The third-order valence-corrected chi connectivity index (χ3v) is 5.34. The molecule has 1 fully saturated rings. The van der Waals surface area contributed by atoms with Crippen LogP contribution in [-0.2, 0) is 13.1 Å². The Morgan fingerprint density at radius 1 is 0.897 bits per heavy atom. The molecule has 1 aromatic heterocycles. The summed E-state index contributed by atoms with van der Waals surface area (Å²) in [6.45, 7) is 1.36. The third kappa shape index (κ3) is 4.22. The molecule has 1 heterocycles. The first-order valence-corrected chi connectivity index (χ1v) is 9.67. The average molecular weight is 395 g/mol. The minimum Gasteiger partial charge on any atom is -0.497 e. The van der Waals surface area contributed by atoms with E-state index in [9.17, 15) is 4.79 Å². The Bertz CT molecular complexity index is 1070. The molecule has 1 aliphatic carbocycles. The second-order valence-corrected chi connectivity index (χ2v) is 7.27. The van der Waals surface area contributed by atoms with Crippen LogP contribution >= 0.6 is 0 Å². The highest BCUT2D eigenvalue weighted by Crippen LogP contribution is 2.34. The Morgan fingerprint density at radius 2 is 1.59 bits per heavy atom. The Balaban J connectivity index is 1.67. The molecule has 4 rings (SSSR count). The van der Waals surface area contributed by atoms with Gasteiger partial charge in [0.15, 0.2) is 0 Å². The maximum atomic E-state index is 12.2. The topological polar surface area (TPSA) is 61.1 Å². The number of ether oxygens (including phenoxy) is 3. The van der Waals surface area contributed by atoms with Crippen LogP contribution in [0.25, 0.3) is 11.0 Å². The molecule has 6 nitrogen and oxygen atoms in total. The highest BCUT2D eigenvalue weighted by atomic mass is 16.5. The molecule has 0 atom stereocenters. The van der Waals surface area contributed by atoms with Crippen molar-refractivity contribution >= 4 is 11.0 Å². The maximum absolute atomic E-state index is 12.2. The van der Waals surface area contributed by atoms with Gasteiger partial charge in [-0.2, -0.15) is 0 Å². The Hall–Kier alpha value is -2.99. The van der Waals surface area contributed by atoms with Gasteiger partial charge in [-0.1, -0.05) is 0 Å². The number of methoxy groups -OCH3 is 3. The van der Waals surface area contributed by atoms with E-state index in [2.05, 4.69) is 4.90 Å². The minimum absolute atomic E-state index is 0.351. The van der Waals surface area contributed by atoms with E-state index in [1.165, 1.54) is 0 Å². The molecule has 1 saturated carbocycles. The standard InChI is InChI=1S/C23H25NO5/c1-26-18-7-9-21(28-3)16(10-18)14-24(17-4-5-17)13-15-11-23(25)29-22-12-19(27-2)6-8-20(15)22/h6-12,17H,4-5,13-14H2,1-3H3. The summed E-state index contributed by atoms with van der Waals surface area (Å²) in [7, 11) is 4.93. The maximum Gasteiger partial charge on any atom is 0.336 e. The van der Waals surface area contributed by atoms with Gasteiger partial charge < -0.3 is 18.6 Å². The Kier molecular flexibility index (Phi) is 5.45. The van der Waals surface area contributed by atoms with E-state index in [0.717, 1.165) is 40.9 Å². The highest BCUT2D eigenvalue weighted by molar-refractivity contribution is 5.81. The van der Waals surface area contributed by atoms with E-state index in [1.807, 2.05) is 30.3 Å². The molecule has 2 aromatic carbocycles. The summed E-state index contributed by atoms with van der Waals surface area (Å²) >= 11 is 0. The van der Waals surface area contributed by atoms with Gasteiger partial charge in [-0.3, -0.25) is 4.90 Å². The fraction of sp³-hybridized carbons (Fsp3) is 0.348. The van der Waals surface area contributed by atoms with Crippen molar-refractivity contribution < 1.29 is 18.6 Å². The van der Waals surface area contributed by atoms with Crippen LogP contribution in [0.4, 0.5) is 0 Å². The molecular formula is C23H25NO5. The molecule has 0 unspecified atom stereocenters. The van der Waals surface area contributed by atoms with E-state index < -0.39 is 0 Å². The number of benzene rings is 2. The normalized spacial score (nSPS) is 13.7. The van der Waals surface area contributed by atoms with Gasteiger partial charge in [0.1, 0.15) is 22.8 Å². The van der Waals surface area contributed by atoms with Crippen molar-refractivity contribution in [1.29, 1.82) is 0 Å². The predicted molar refractivity (Wildman–Crippen MR) is 111 cm³/mol. The van der Waals surface area contributed by atoms with E-state index in [0.29, 0.717) is 30.5 Å². The van der Waals surface area contributed by atoms with E-state index in [-0.39, 0.29) is 5.63 Å². The minimum atomic E-state index is -0.351. The van der Waals surface area contributed by atoms with Crippen molar-refractivity contribution in [3.8, 4) is 17.2 Å². The second kappa shape index (κ2) is 8.17. The first-order valence-electron chi connectivity index (χ1n) is 9.67. The van der Waals surface area contributed by atoms with Crippen molar-refractivity contribution in [2.75, 3.05) is 21.3 Å². The number of fused-ring (bicyclic) bond motifs is 1. The van der Waals surface area contributed by atoms with E-state index in [4.69, 9.17) is 18.6 Å². The lowest BCUT2D eigenvalue weighted by Gasteiger charge is -2.24. The molecule has 6 heteroatoms. The summed E-state index contributed by atoms with van der Waals surface area (Å²) in [5.41, 5.74) is 2.21. The molecule has 3 aromatic rings. The monoisotopic (exact) mass is 395 g/mol. The van der Waals surface area contributed by atoms with Gasteiger partial charge in [0, 0.05) is 42.2 Å². The predicted octanol–water partition coefficient (Wildman–Crippen LogP) is 3.98. The molecule has 0 spiro atoms. The SMILES string of the molecule is COc1ccc(OC)c(CN(Cc2cc(=O)oc3cc(OC)ccc23)C2CC2)c1. The largest absolute Gasteiger partial charge is 0.497 e. The Morgan fingerprint density at radius 3 is 2.28 bits per heavy atom. The van der Waals surface area contributed by atoms with Crippen molar-refractivity contribution in [2.45, 2.75) is 32.0 Å². The van der Waals surface area contributed by atoms with Crippen LogP contribution in [0.3, 0.4) is 0 Å². The van der Waals surface area contributed by atoms with Gasteiger partial charge >= 0.3 is 5.63 Å². The molecule has 0 saturated heterocycles. The van der Waals surface area contributed by atoms with Crippen LogP contribution in [0.5, 0.6) is 17.2 Å². The summed E-state index contributed by atoms with van der Waals surface area (Å²) in [4.78, 5) is 14.5. The zero-order valence-electron chi connectivity index (χ0n) is 16.9. The smallest absolute Gasteiger partial charge is 0.336 e. The summed E-state index contributed by atoms with van der Waals surface area (Å²) in [5.74, 6) is 2.30. The van der Waals surface area contributed by atoms with Crippen LogP contribution in [0.1, 0.15) is 24.0 Å². The Labute approximate surface area is 169 Å². The van der Waals surface area contributed by atoms with Crippen LogP contribution in [0, 0.1) is 0 Å². The summed E-state index contributed by atoms with van der Waals surface area (Å²) in [6, 6.07) is 13.5. The first kappa shape index (κ1) is 19.3. The van der Waals surface area contributed by atoms with E-state index >= 15 is 0 Å². The highest BCUT2D eigenvalue weighted by Gasteiger charge is 2.30. The fourth-order valence-corrected chi connectivity index (χ4v) is 3.66. The van der Waals surface area contributed by atoms with Crippen LogP contribution in [0.2, 0.25) is 0 Å². The van der Waals surface area contributed by atoms with Crippen molar-refractivity contribution in [3.63, 3.8) is 0 Å². The molecule has 0 aliphatic heterocycles. The lowest BCUT2D eigenvalue weighted by atomic mass is 10.1. The van der Waals surface area contributed by atoms with Gasteiger partial charge in [0.2, 0.25) is 0 Å². The third-order valence-electron chi connectivity index (χ3n) is 5.34. The van der Waals surface area contributed by atoms with Gasteiger partial charge in [0.25, 0.3) is 0 Å². The molecule has 0 N–H and O–H groups in total. The number of hydrogen-bond donors (Lipinski definition) is 0. The average Bonchev–Trinajstić information content (AvgIpc) is 3.57. The molecule has 0 amide bonds.